The van der Waals surface area contributed by atoms with Crippen LogP contribution < -0.4 is 10.6 Å². The third-order valence-electron chi connectivity index (χ3n) is 3.29. The summed E-state index contributed by atoms with van der Waals surface area (Å²) in [6, 6.07) is 2.01. The molecule has 0 atom stereocenters. The van der Waals surface area contributed by atoms with E-state index >= 15 is 0 Å². The Balaban J connectivity index is 2.09. The van der Waals surface area contributed by atoms with Crippen LogP contribution in [0, 0.1) is 0 Å². The van der Waals surface area contributed by atoms with Crippen LogP contribution in [0.5, 0.6) is 0 Å². The van der Waals surface area contributed by atoms with Crippen molar-refractivity contribution < 1.29 is 0 Å². The first-order valence-corrected chi connectivity index (χ1v) is 8.18. The normalized spacial score (nSPS) is 15.4. The molecule has 2 rings (SSSR count). The van der Waals surface area contributed by atoms with Gasteiger partial charge in [0.1, 0.15) is 17.5 Å². The molecule has 1 aromatic rings. The lowest BCUT2D eigenvalue weighted by Gasteiger charge is -2.22. The summed E-state index contributed by atoms with van der Waals surface area (Å²) in [6.07, 6.45) is 4.60. The van der Waals surface area contributed by atoms with Crippen molar-refractivity contribution in [3.8, 4) is 0 Å². The first-order valence-electron chi connectivity index (χ1n) is 6.96. The molecule has 0 aromatic carbocycles. The van der Waals surface area contributed by atoms with Crippen LogP contribution in [0.2, 0.25) is 0 Å². The van der Waals surface area contributed by atoms with Crippen LogP contribution in [-0.2, 0) is 0 Å². The average molecular weight is 280 g/mol. The number of thioether (sulfide) groups is 1. The smallest absolute Gasteiger partial charge is 0.136 e. The molecule has 1 aliphatic rings. The maximum absolute atomic E-state index is 4.64. The summed E-state index contributed by atoms with van der Waals surface area (Å²) in [6.45, 7) is 8.35. The molecule has 0 unspecified atom stereocenters. The first kappa shape index (κ1) is 14.4. The van der Waals surface area contributed by atoms with Gasteiger partial charge in [0.2, 0.25) is 0 Å². The van der Waals surface area contributed by atoms with E-state index in [1.165, 1.54) is 12.8 Å². The van der Waals surface area contributed by atoms with E-state index in [9.17, 15) is 0 Å². The fourth-order valence-corrected chi connectivity index (χ4v) is 1.94. The molecule has 19 heavy (non-hydrogen) atoms. The van der Waals surface area contributed by atoms with Gasteiger partial charge < -0.3 is 10.6 Å². The number of hydrogen-bond donors (Lipinski definition) is 2. The highest BCUT2D eigenvalue weighted by Crippen LogP contribution is 2.38. The topological polar surface area (TPSA) is 49.8 Å². The van der Waals surface area contributed by atoms with Gasteiger partial charge in [-0.05, 0) is 39.9 Å². The Morgan fingerprint density at radius 3 is 2.42 bits per heavy atom. The summed E-state index contributed by atoms with van der Waals surface area (Å²) < 4.78 is 0.211. The Hall–Kier alpha value is -0.970. The maximum Gasteiger partial charge on any atom is 0.136 e. The zero-order valence-corrected chi connectivity index (χ0v) is 13.1. The summed E-state index contributed by atoms with van der Waals surface area (Å²) in [5.74, 6) is 3.44. The van der Waals surface area contributed by atoms with Crippen molar-refractivity contribution in [1.29, 1.82) is 0 Å². The molecule has 2 N–H and O–H groups in total. The predicted molar refractivity (Wildman–Crippen MR) is 84.3 cm³/mol. The van der Waals surface area contributed by atoms with Gasteiger partial charge in [0.05, 0.1) is 0 Å². The fourth-order valence-electron chi connectivity index (χ4n) is 1.73. The number of nitrogens with zero attached hydrogens (tertiary/aromatic N) is 2. The van der Waals surface area contributed by atoms with Crippen molar-refractivity contribution in [1.82, 2.24) is 9.97 Å². The molecular formula is C14H24N4S. The molecule has 1 aliphatic carbocycles. The molecule has 0 saturated heterocycles. The highest BCUT2D eigenvalue weighted by Gasteiger charge is 2.27. The summed E-state index contributed by atoms with van der Waals surface area (Å²) >= 11 is 1.86. The Morgan fingerprint density at radius 1 is 1.26 bits per heavy atom. The lowest BCUT2D eigenvalue weighted by Crippen LogP contribution is -2.26. The molecule has 1 aromatic heterocycles. The summed E-state index contributed by atoms with van der Waals surface area (Å²) in [5.41, 5.74) is 0. The number of aromatic nitrogens is 2. The van der Waals surface area contributed by atoms with Crippen molar-refractivity contribution in [2.45, 2.75) is 44.3 Å². The second-order valence-corrected chi connectivity index (χ2v) is 7.13. The van der Waals surface area contributed by atoms with E-state index in [-0.39, 0.29) is 4.75 Å². The molecule has 0 amide bonds. The molecule has 0 bridgehead atoms. The van der Waals surface area contributed by atoms with Crippen molar-refractivity contribution in [2.24, 2.45) is 0 Å². The molecule has 4 nitrogen and oxygen atoms in total. The van der Waals surface area contributed by atoms with Crippen molar-refractivity contribution >= 4 is 23.4 Å². The highest BCUT2D eigenvalue weighted by molar-refractivity contribution is 7.99. The number of nitrogens with one attached hydrogen (secondary N) is 2. The molecule has 1 fully saturated rings. The molecule has 106 valence electrons. The van der Waals surface area contributed by atoms with Crippen molar-refractivity contribution in [3.63, 3.8) is 0 Å². The average Bonchev–Trinajstić information content (AvgIpc) is 3.21. The van der Waals surface area contributed by atoms with E-state index in [1.54, 1.807) is 0 Å². The van der Waals surface area contributed by atoms with E-state index in [1.807, 2.05) is 17.8 Å². The predicted octanol–water partition coefficient (Wildman–Crippen LogP) is 3.34. The minimum absolute atomic E-state index is 0.211. The lowest BCUT2D eigenvalue weighted by molar-refractivity contribution is 0.748. The van der Waals surface area contributed by atoms with Gasteiger partial charge in [-0.15, -0.1) is 0 Å². The van der Waals surface area contributed by atoms with E-state index < -0.39 is 0 Å². The van der Waals surface area contributed by atoms with Crippen LogP contribution in [0.15, 0.2) is 6.07 Å². The molecule has 5 heteroatoms. The number of hydrogen-bond acceptors (Lipinski definition) is 5. The minimum Gasteiger partial charge on any atom is -0.370 e. The van der Waals surface area contributed by atoms with Gasteiger partial charge in [-0.2, -0.15) is 11.8 Å². The van der Waals surface area contributed by atoms with Gasteiger partial charge in [-0.25, -0.2) is 9.97 Å². The van der Waals surface area contributed by atoms with Gasteiger partial charge in [0.25, 0.3) is 0 Å². The Morgan fingerprint density at radius 2 is 1.89 bits per heavy atom. The zero-order chi connectivity index (χ0) is 13.9. The van der Waals surface area contributed by atoms with Crippen molar-refractivity contribution in [3.05, 3.63) is 11.9 Å². The maximum atomic E-state index is 4.64. The molecule has 1 saturated carbocycles. The lowest BCUT2D eigenvalue weighted by atomic mass is 10.2. The number of rotatable bonds is 7. The molecular weight excluding hydrogens is 256 g/mol. The molecule has 1 heterocycles. The van der Waals surface area contributed by atoms with Crippen molar-refractivity contribution in [2.75, 3.05) is 30.0 Å². The highest BCUT2D eigenvalue weighted by atomic mass is 32.2. The van der Waals surface area contributed by atoms with Crippen LogP contribution in [0.25, 0.3) is 0 Å². The molecule has 0 aliphatic heterocycles. The van der Waals surface area contributed by atoms with E-state index in [0.717, 1.165) is 30.5 Å². The van der Waals surface area contributed by atoms with Crippen LogP contribution in [0.3, 0.4) is 0 Å². The summed E-state index contributed by atoms with van der Waals surface area (Å²) in [7, 11) is 0. The van der Waals surface area contributed by atoms with Gasteiger partial charge in [-0.1, -0.05) is 0 Å². The van der Waals surface area contributed by atoms with Crippen LogP contribution >= 0.6 is 11.8 Å². The fraction of sp³-hybridized carbons (Fsp3) is 0.714. The third kappa shape index (κ3) is 4.27. The van der Waals surface area contributed by atoms with Gasteiger partial charge in [0.15, 0.2) is 0 Å². The number of anilines is 2. The van der Waals surface area contributed by atoms with Gasteiger partial charge in [0, 0.05) is 29.8 Å². The second kappa shape index (κ2) is 5.99. The van der Waals surface area contributed by atoms with E-state index in [2.05, 4.69) is 47.6 Å². The van der Waals surface area contributed by atoms with E-state index in [0.29, 0.717) is 5.92 Å². The molecule has 0 radical (unpaired) electrons. The second-order valence-electron chi connectivity index (χ2n) is 5.62. The SMILES string of the molecule is CCNc1cc(NCC(C)(C)SC)nc(C2CC2)n1. The van der Waals surface area contributed by atoms with E-state index in [4.69, 9.17) is 0 Å². The summed E-state index contributed by atoms with van der Waals surface area (Å²) in [5, 5.41) is 6.73. The largest absolute Gasteiger partial charge is 0.370 e. The Kier molecular flexibility index (Phi) is 4.55. The first-order chi connectivity index (χ1) is 9.04. The van der Waals surface area contributed by atoms with Crippen LogP contribution in [-0.4, -0.2) is 34.1 Å². The third-order valence-corrected chi connectivity index (χ3v) is 4.54. The van der Waals surface area contributed by atoms with Gasteiger partial charge in [-0.3, -0.25) is 0 Å². The van der Waals surface area contributed by atoms with Crippen LogP contribution in [0.4, 0.5) is 11.6 Å². The minimum atomic E-state index is 0.211. The quantitative estimate of drug-likeness (QED) is 0.802. The van der Waals surface area contributed by atoms with Crippen LogP contribution in [0.1, 0.15) is 45.4 Å². The summed E-state index contributed by atoms with van der Waals surface area (Å²) in [4.78, 5) is 9.23. The Bertz CT molecular complexity index is 429. The Labute approximate surface area is 120 Å². The standard InChI is InChI=1S/C14H24N4S/c1-5-15-11-8-12(16-9-14(2,3)19-4)18-13(17-11)10-6-7-10/h8,10H,5-7,9H2,1-4H3,(H2,15,16,17,18). The van der Waals surface area contributed by atoms with Gasteiger partial charge >= 0.3 is 0 Å². The monoisotopic (exact) mass is 280 g/mol. The molecule has 0 spiro atoms. The zero-order valence-electron chi connectivity index (χ0n) is 12.3.